The zero-order chi connectivity index (χ0) is 9.26. The highest BCUT2D eigenvalue weighted by Crippen LogP contribution is 2.10. The van der Waals surface area contributed by atoms with Crippen LogP contribution in [0, 0.1) is 12.2 Å². The molecule has 6 heteroatoms. The molecule has 0 aliphatic rings. The lowest BCUT2D eigenvalue weighted by Gasteiger charge is -1.94. The molecule has 2 aromatic heterocycles. The van der Waals surface area contributed by atoms with Gasteiger partial charge in [-0.25, -0.2) is 0 Å². The summed E-state index contributed by atoms with van der Waals surface area (Å²) in [5.74, 6) is -0.0463. The summed E-state index contributed by atoms with van der Waals surface area (Å²) in [4.78, 5) is 12.1. The average molecular weight is 182 g/mol. The molecule has 0 fully saturated rings. The van der Waals surface area contributed by atoms with Gasteiger partial charge in [0.25, 0.3) is 0 Å². The van der Waals surface area contributed by atoms with E-state index in [2.05, 4.69) is 19.9 Å². The third-order valence-electron chi connectivity index (χ3n) is 1.42. The van der Waals surface area contributed by atoms with Crippen molar-refractivity contribution in [1.29, 1.82) is 0 Å². The van der Waals surface area contributed by atoms with Gasteiger partial charge in [0.15, 0.2) is 5.82 Å². The van der Waals surface area contributed by atoms with Crippen LogP contribution in [0.4, 0.5) is 8.78 Å². The maximum Gasteiger partial charge on any atom is 0.314 e. The summed E-state index contributed by atoms with van der Waals surface area (Å²) >= 11 is 0. The van der Waals surface area contributed by atoms with Gasteiger partial charge in [0.05, 0.1) is 5.69 Å². The van der Waals surface area contributed by atoms with Crippen molar-refractivity contribution in [2.45, 2.75) is 0 Å². The fourth-order valence-electron chi connectivity index (χ4n) is 0.916. The molecule has 0 amide bonds. The minimum Gasteiger partial charge on any atom is -0.359 e. The van der Waals surface area contributed by atoms with E-state index >= 15 is 0 Å². The maximum atomic E-state index is 12.5. The Kier molecular flexibility index (Phi) is 1.73. The van der Waals surface area contributed by atoms with Crippen LogP contribution < -0.4 is 0 Å². The Morgan fingerprint density at radius 1 is 1.08 bits per heavy atom. The number of nitrogens with one attached hydrogen (secondary N) is 1. The Morgan fingerprint density at radius 2 is 1.77 bits per heavy atom. The standard InChI is InChI=1S/C7H4F2N4/c8-6-11-5(12-7(9)13-6)4-2-1-3-10-4/h1-3,10H. The molecule has 0 aliphatic carbocycles. The number of halogens is 2. The molecule has 0 spiro atoms. The number of aromatic nitrogens is 4. The predicted octanol–water partition coefficient (Wildman–Crippen LogP) is 1.14. The molecular weight excluding hydrogens is 178 g/mol. The molecule has 0 bridgehead atoms. The van der Waals surface area contributed by atoms with Crippen molar-refractivity contribution < 1.29 is 8.78 Å². The highest BCUT2D eigenvalue weighted by atomic mass is 19.1. The van der Waals surface area contributed by atoms with Gasteiger partial charge in [-0.15, -0.1) is 0 Å². The fraction of sp³-hybridized carbons (Fsp3) is 0. The zero-order valence-electron chi connectivity index (χ0n) is 6.33. The number of hydrogen-bond donors (Lipinski definition) is 1. The van der Waals surface area contributed by atoms with Crippen molar-refractivity contribution in [3.8, 4) is 11.5 Å². The molecule has 0 atom stereocenters. The summed E-state index contributed by atoms with van der Waals surface area (Å²) in [6.45, 7) is 0. The van der Waals surface area contributed by atoms with Gasteiger partial charge in [-0.3, -0.25) is 0 Å². The van der Waals surface area contributed by atoms with Crippen LogP contribution >= 0.6 is 0 Å². The van der Waals surface area contributed by atoms with Gasteiger partial charge in [-0.05, 0) is 12.1 Å². The average Bonchev–Trinajstić information content (AvgIpc) is 2.53. The highest BCUT2D eigenvalue weighted by Gasteiger charge is 2.07. The number of rotatable bonds is 1. The molecule has 2 rings (SSSR count). The number of H-pyrrole nitrogens is 1. The molecular formula is C7H4F2N4. The monoisotopic (exact) mass is 182 g/mol. The van der Waals surface area contributed by atoms with Gasteiger partial charge >= 0.3 is 12.2 Å². The van der Waals surface area contributed by atoms with E-state index in [9.17, 15) is 8.78 Å². The van der Waals surface area contributed by atoms with E-state index in [-0.39, 0.29) is 5.82 Å². The lowest BCUT2D eigenvalue weighted by atomic mass is 10.4. The predicted molar refractivity (Wildman–Crippen MR) is 39.5 cm³/mol. The molecule has 4 nitrogen and oxygen atoms in total. The van der Waals surface area contributed by atoms with Crippen molar-refractivity contribution >= 4 is 0 Å². The second kappa shape index (κ2) is 2.89. The van der Waals surface area contributed by atoms with E-state index in [1.807, 2.05) is 0 Å². The van der Waals surface area contributed by atoms with Crippen molar-refractivity contribution in [1.82, 2.24) is 19.9 Å². The first-order chi connectivity index (χ1) is 6.25. The second-order valence-corrected chi connectivity index (χ2v) is 2.28. The zero-order valence-corrected chi connectivity index (χ0v) is 6.33. The summed E-state index contributed by atoms with van der Waals surface area (Å²) in [5.41, 5.74) is 0.445. The highest BCUT2D eigenvalue weighted by molar-refractivity contribution is 5.47. The topological polar surface area (TPSA) is 54.5 Å². The van der Waals surface area contributed by atoms with Crippen LogP contribution in [-0.4, -0.2) is 19.9 Å². The summed E-state index contributed by atoms with van der Waals surface area (Å²) in [6, 6.07) is 3.28. The number of aromatic amines is 1. The maximum absolute atomic E-state index is 12.5. The molecule has 1 N–H and O–H groups in total. The van der Waals surface area contributed by atoms with E-state index in [1.54, 1.807) is 18.3 Å². The first kappa shape index (κ1) is 7.78. The Hall–Kier alpha value is -1.85. The van der Waals surface area contributed by atoms with Crippen LogP contribution in [0.25, 0.3) is 11.5 Å². The molecule has 2 aromatic rings. The first-order valence-corrected chi connectivity index (χ1v) is 3.46. The lowest BCUT2D eigenvalue weighted by molar-refractivity contribution is 0.457. The van der Waals surface area contributed by atoms with Crippen molar-refractivity contribution in [3.63, 3.8) is 0 Å². The number of hydrogen-bond acceptors (Lipinski definition) is 3. The Labute approximate surface area is 71.7 Å². The van der Waals surface area contributed by atoms with Gasteiger partial charge in [-0.2, -0.15) is 23.7 Å². The molecule has 0 radical (unpaired) electrons. The normalized spacial score (nSPS) is 10.3. The molecule has 0 aromatic carbocycles. The molecule has 2 heterocycles. The lowest BCUT2D eigenvalue weighted by Crippen LogP contribution is -2.00. The Balaban J connectivity index is 2.53. The molecule has 0 aliphatic heterocycles. The van der Waals surface area contributed by atoms with E-state index in [4.69, 9.17) is 0 Å². The van der Waals surface area contributed by atoms with Crippen LogP contribution in [0.15, 0.2) is 18.3 Å². The summed E-state index contributed by atoms with van der Waals surface area (Å²) in [7, 11) is 0. The first-order valence-electron chi connectivity index (χ1n) is 3.46. The van der Waals surface area contributed by atoms with E-state index in [1.165, 1.54) is 0 Å². The van der Waals surface area contributed by atoms with Gasteiger partial charge in [0.2, 0.25) is 0 Å². The summed E-state index contributed by atoms with van der Waals surface area (Å²) < 4.78 is 25.0. The van der Waals surface area contributed by atoms with Crippen molar-refractivity contribution in [2.75, 3.05) is 0 Å². The largest absolute Gasteiger partial charge is 0.359 e. The number of nitrogens with zero attached hydrogens (tertiary/aromatic N) is 3. The third kappa shape index (κ3) is 1.51. The SMILES string of the molecule is Fc1nc(F)nc(-c2ccc[nH]2)n1. The molecule has 66 valence electrons. The quantitative estimate of drug-likeness (QED) is 0.719. The molecule has 13 heavy (non-hydrogen) atoms. The minimum absolute atomic E-state index is 0.0463. The molecule has 0 saturated heterocycles. The smallest absolute Gasteiger partial charge is 0.314 e. The van der Waals surface area contributed by atoms with Gasteiger partial charge < -0.3 is 4.98 Å². The third-order valence-corrected chi connectivity index (χ3v) is 1.42. The summed E-state index contributed by atoms with van der Waals surface area (Å²) in [6.07, 6.45) is -0.649. The Bertz CT molecular complexity index is 392. The van der Waals surface area contributed by atoms with Crippen molar-refractivity contribution in [3.05, 3.63) is 30.5 Å². The van der Waals surface area contributed by atoms with Crippen LogP contribution in [-0.2, 0) is 0 Å². The molecule has 0 saturated carbocycles. The van der Waals surface area contributed by atoms with Gasteiger partial charge in [-0.1, -0.05) is 0 Å². The Morgan fingerprint density at radius 3 is 2.31 bits per heavy atom. The van der Waals surface area contributed by atoms with Crippen molar-refractivity contribution in [2.24, 2.45) is 0 Å². The second-order valence-electron chi connectivity index (χ2n) is 2.28. The fourth-order valence-corrected chi connectivity index (χ4v) is 0.916. The molecule has 0 unspecified atom stereocenters. The van der Waals surface area contributed by atoms with Gasteiger partial charge in [0, 0.05) is 6.20 Å². The van der Waals surface area contributed by atoms with Crippen LogP contribution in [0.1, 0.15) is 0 Å². The van der Waals surface area contributed by atoms with Crippen LogP contribution in [0.3, 0.4) is 0 Å². The minimum atomic E-state index is -1.13. The van der Waals surface area contributed by atoms with E-state index in [0.29, 0.717) is 5.69 Å². The van der Waals surface area contributed by atoms with Crippen LogP contribution in [0.5, 0.6) is 0 Å². The van der Waals surface area contributed by atoms with Gasteiger partial charge in [0.1, 0.15) is 0 Å². The van der Waals surface area contributed by atoms with E-state index < -0.39 is 12.2 Å². The summed E-state index contributed by atoms with van der Waals surface area (Å²) in [5, 5.41) is 0. The van der Waals surface area contributed by atoms with Crippen LogP contribution in [0.2, 0.25) is 0 Å². The van der Waals surface area contributed by atoms with E-state index in [0.717, 1.165) is 0 Å².